The molecular weight excluding hydrogens is 433 g/mol. The summed E-state index contributed by atoms with van der Waals surface area (Å²) in [5.41, 5.74) is 0.987. The molecule has 0 unspecified atom stereocenters. The number of carbonyl (C=O) groups is 3. The number of fused-ring (bicyclic) bond motifs is 3. The van der Waals surface area contributed by atoms with Gasteiger partial charge in [-0.25, -0.2) is 0 Å². The minimum atomic E-state index is -1.34. The van der Waals surface area contributed by atoms with Crippen LogP contribution in [-0.2, 0) is 25.6 Å². The molecule has 10 nitrogen and oxygen atoms in total. The van der Waals surface area contributed by atoms with E-state index in [-0.39, 0.29) is 44.4 Å². The Kier molecular flexibility index (Phi) is 7.03. The molecule has 2 aliphatic heterocycles. The number of hydrogen-bond acceptors (Lipinski definition) is 8. The average Bonchev–Trinajstić information content (AvgIpc) is 3.36. The van der Waals surface area contributed by atoms with Crippen molar-refractivity contribution in [1.29, 1.82) is 0 Å². The third-order valence-corrected chi connectivity index (χ3v) is 6.92. The zero-order valence-electron chi connectivity index (χ0n) is 18.2. The van der Waals surface area contributed by atoms with Crippen molar-refractivity contribution in [2.75, 3.05) is 13.2 Å². The monoisotopic (exact) mass is 461 g/mol. The third-order valence-electron chi connectivity index (χ3n) is 6.92. The summed E-state index contributed by atoms with van der Waals surface area (Å²) >= 11 is 0. The number of nitrogens with zero attached hydrogens (tertiary/aromatic N) is 1. The quantitative estimate of drug-likeness (QED) is 0.237. The smallest absolute Gasteiger partial charge is 0.481 e. The van der Waals surface area contributed by atoms with E-state index in [1.807, 2.05) is 0 Å². The average molecular weight is 461 g/mol. The summed E-state index contributed by atoms with van der Waals surface area (Å²) in [4.78, 5) is 38.3. The molecule has 0 radical (unpaired) electrons. The highest BCUT2D eigenvalue weighted by Crippen LogP contribution is 2.51. The SMILES string of the molecule is O=C(O)CCCCCN1C(=O)[C@H]2[C@H](CC(CO)=C3B(O)O[C@H](c4ccc(CO)o4)C[C@H]32)C1=O. The first-order valence-electron chi connectivity index (χ1n) is 11.3. The van der Waals surface area contributed by atoms with Gasteiger partial charge in [-0.3, -0.25) is 19.3 Å². The zero-order chi connectivity index (χ0) is 23.7. The number of carboxylic acid groups (broad SMARTS) is 1. The highest BCUT2D eigenvalue weighted by molar-refractivity contribution is 6.53. The van der Waals surface area contributed by atoms with Gasteiger partial charge in [-0.1, -0.05) is 6.42 Å². The molecule has 0 saturated carbocycles. The molecular formula is C22H28BNO9. The molecule has 1 aliphatic carbocycles. The van der Waals surface area contributed by atoms with Gasteiger partial charge in [0.1, 0.15) is 24.2 Å². The maximum Gasteiger partial charge on any atom is 0.487 e. The molecule has 0 aromatic carbocycles. The molecule has 4 rings (SSSR count). The van der Waals surface area contributed by atoms with Crippen molar-refractivity contribution < 1.29 is 43.8 Å². The number of aliphatic hydroxyl groups is 2. The standard InChI is InChI=1S/C22H28BNO9/c25-10-12-8-15-19(22(30)24(21(15)29)7-3-1-2-4-18(27)28)14-9-17(33-23(31)20(12)14)16-6-5-13(11-26)32-16/h5-6,14-15,17,19,25-26,31H,1-4,7-11H2,(H,27,28)/t14-,15-,17-,19+/m0/s1. The van der Waals surface area contributed by atoms with Crippen LogP contribution in [0.25, 0.3) is 0 Å². The van der Waals surface area contributed by atoms with Gasteiger partial charge in [-0.15, -0.1) is 0 Å². The van der Waals surface area contributed by atoms with Crippen LogP contribution < -0.4 is 0 Å². The van der Waals surface area contributed by atoms with Crippen LogP contribution in [0.1, 0.15) is 56.1 Å². The number of allylic oxidation sites excluding steroid dienone is 1. The molecule has 33 heavy (non-hydrogen) atoms. The number of aliphatic hydroxyl groups excluding tert-OH is 2. The van der Waals surface area contributed by atoms with E-state index < -0.39 is 36.9 Å². The first kappa shape index (κ1) is 23.7. The van der Waals surface area contributed by atoms with Gasteiger partial charge in [0, 0.05) is 13.0 Å². The molecule has 2 fully saturated rings. The number of carbonyl (C=O) groups excluding carboxylic acids is 2. The second-order valence-electron chi connectivity index (χ2n) is 8.87. The van der Waals surface area contributed by atoms with E-state index in [0.717, 1.165) is 0 Å². The molecule has 1 aromatic rings. The lowest BCUT2D eigenvalue weighted by Gasteiger charge is -2.41. The van der Waals surface area contributed by atoms with Crippen molar-refractivity contribution in [3.8, 4) is 0 Å². The lowest BCUT2D eigenvalue weighted by atomic mass is 9.55. The van der Waals surface area contributed by atoms with Crippen molar-refractivity contribution in [3.05, 3.63) is 34.7 Å². The second kappa shape index (κ2) is 9.80. The predicted molar refractivity (Wildman–Crippen MR) is 113 cm³/mol. The Morgan fingerprint density at radius 1 is 1.09 bits per heavy atom. The number of carboxylic acids is 1. The molecule has 4 atom stereocenters. The zero-order valence-corrected chi connectivity index (χ0v) is 18.2. The third kappa shape index (κ3) is 4.50. The highest BCUT2D eigenvalue weighted by Gasteiger charge is 2.57. The van der Waals surface area contributed by atoms with Crippen molar-refractivity contribution >= 4 is 24.9 Å². The number of likely N-dealkylation sites (tertiary alicyclic amines) is 1. The van der Waals surface area contributed by atoms with Crippen molar-refractivity contribution in [2.45, 2.75) is 51.2 Å². The molecule has 178 valence electrons. The maximum atomic E-state index is 13.3. The van der Waals surface area contributed by atoms with Crippen LogP contribution in [0.5, 0.6) is 0 Å². The molecule has 2 saturated heterocycles. The maximum absolute atomic E-state index is 13.3. The Labute approximate surface area is 191 Å². The fraction of sp³-hybridized carbons (Fsp3) is 0.591. The van der Waals surface area contributed by atoms with Crippen LogP contribution in [0.2, 0.25) is 0 Å². The molecule has 4 N–H and O–H groups in total. The number of unbranched alkanes of at least 4 members (excludes halogenated alkanes) is 2. The minimum absolute atomic E-state index is 0.0480. The first-order chi connectivity index (χ1) is 15.8. The van der Waals surface area contributed by atoms with E-state index in [1.165, 1.54) is 4.90 Å². The van der Waals surface area contributed by atoms with Gasteiger partial charge in [-0.05, 0) is 54.8 Å². The van der Waals surface area contributed by atoms with E-state index in [2.05, 4.69) is 0 Å². The minimum Gasteiger partial charge on any atom is -0.481 e. The van der Waals surface area contributed by atoms with Gasteiger partial charge in [0.2, 0.25) is 11.8 Å². The normalized spacial score (nSPS) is 27.2. The van der Waals surface area contributed by atoms with Gasteiger partial charge < -0.3 is 29.4 Å². The fourth-order valence-electron chi connectivity index (χ4n) is 5.40. The molecule has 0 spiro atoms. The number of amides is 2. The Morgan fingerprint density at radius 2 is 1.88 bits per heavy atom. The molecule has 1 aromatic heterocycles. The van der Waals surface area contributed by atoms with Crippen LogP contribution in [-0.4, -0.2) is 63.3 Å². The van der Waals surface area contributed by atoms with Crippen molar-refractivity contribution in [3.63, 3.8) is 0 Å². The summed E-state index contributed by atoms with van der Waals surface area (Å²) in [6.07, 6.45) is 1.45. The van der Waals surface area contributed by atoms with E-state index in [9.17, 15) is 29.6 Å². The summed E-state index contributed by atoms with van der Waals surface area (Å²) in [5.74, 6) is -2.45. The Morgan fingerprint density at radius 3 is 2.55 bits per heavy atom. The van der Waals surface area contributed by atoms with Gasteiger partial charge in [0.15, 0.2) is 0 Å². The molecule has 3 aliphatic rings. The number of furan rings is 1. The predicted octanol–water partition coefficient (Wildman–Crippen LogP) is 0.808. The Hall–Kier alpha value is -2.47. The van der Waals surface area contributed by atoms with Crippen LogP contribution in [0, 0.1) is 17.8 Å². The Bertz CT molecular complexity index is 957. The van der Waals surface area contributed by atoms with E-state index in [4.69, 9.17) is 14.2 Å². The number of aliphatic carboxylic acids is 1. The van der Waals surface area contributed by atoms with E-state index in [0.29, 0.717) is 48.2 Å². The van der Waals surface area contributed by atoms with Gasteiger partial charge >= 0.3 is 13.1 Å². The lowest BCUT2D eigenvalue weighted by Crippen LogP contribution is -2.45. The van der Waals surface area contributed by atoms with Gasteiger partial charge in [0.25, 0.3) is 0 Å². The number of imide groups is 1. The summed E-state index contributed by atoms with van der Waals surface area (Å²) < 4.78 is 11.3. The topological polar surface area (TPSA) is 158 Å². The van der Waals surface area contributed by atoms with Crippen LogP contribution in [0.3, 0.4) is 0 Å². The van der Waals surface area contributed by atoms with Crippen LogP contribution in [0.4, 0.5) is 0 Å². The van der Waals surface area contributed by atoms with E-state index in [1.54, 1.807) is 12.1 Å². The molecule has 2 amide bonds. The molecule has 0 bridgehead atoms. The van der Waals surface area contributed by atoms with Crippen LogP contribution in [0.15, 0.2) is 27.6 Å². The van der Waals surface area contributed by atoms with Gasteiger partial charge in [-0.2, -0.15) is 0 Å². The second-order valence-corrected chi connectivity index (χ2v) is 8.87. The number of hydrogen-bond donors (Lipinski definition) is 4. The summed E-state index contributed by atoms with van der Waals surface area (Å²) in [7, 11) is -1.34. The molecule has 3 heterocycles. The summed E-state index contributed by atoms with van der Waals surface area (Å²) in [6, 6.07) is 3.26. The first-order valence-corrected chi connectivity index (χ1v) is 11.3. The van der Waals surface area contributed by atoms with Crippen molar-refractivity contribution in [2.24, 2.45) is 17.8 Å². The fourth-order valence-corrected chi connectivity index (χ4v) is 5.40. The molecule has 11 heteroatoms. The Balaban J connectivity index is 1.54. The summed E-state index contributed by atoms with van der Waals surface area (Å²) in [5, 5.41) is 38.7. The van der Waals surface area contributed by atoms with Crippen molar-refractivity contribution in [1.82, 2.24) is 4.90 Å². The number of rotatable bonds is 9. The summed E-state index contributed by atoms with van der Waals surface area (Å²) in [6.45, 7) is -0.398. The van der Waals surface area contributed by atoms with Crippen LogP contribution >= 0.6 is 0 Å². The largest absolute Gasteiger partial charge is 0.487 e. The lowest BCUT2D eigenvalue weighted by molar-refractivity contribution is -0.141. The highest BCUT2D eigenvalue weighted by atomic mass is 16.5. The van der Waals surface area contributed by atoms with Gasteiger partial charge in [0.05, 0.1) is 18.4 Å². The van der Waals surface area contributed by atoms with E-state index >= 15 is 0 Å².